The normalized spacial score (nSPS) is 16.5. The first-order valence-electron chi connectivity index (χ1n) is 5.19. The second kappa shape index (κ2) is 5.04. The van der Waals surface area contributed by atoms with Gasteiger partial charge in [-0.05, 0) is 36.3 Å². The van der Waals surface area contributed by atoms with Crippen LogP contribution in [0.15, 0.2) is 53.6 Å². The molecule has 0 amide bonds. The van der Waals surface area contributed by atoms with Gasteiger partial charge >= 0.3 is 0 Å². The van der Waals surface area contributed by atoms with Crippen LogP contribution < -0.4 is 0 Å². The number of benzene rings is 1. The number of rotatable bonds is 2. The van der Waals surface area contributed by atoms with Gasteiger partial charge in [-0.2, -0.15) is 0 Å². The fourth-order valence-electron chi connectivity index (χ4n) is 1.51. The molecule has 87 valence electrons. The fourth-order valence-corrected chi connectivity index (χ4v) is 1.51. The van der Waals surface area contributed by atoms with Crippen LogP contribution in [-0.2, 0) is 0 Å². The Bertz CT molecular complexity index is 493. The number of halogens is 3. The highest BCUT2D eigenvalue weighted by atomic mass is 19.1. The zero-order valence-electron chi connectivity index (χ0n) is 8.96. The van der Waals surface area contributed by atoms with Crippen LogP contribution in [0, 0.1) is 12.2 Å². The summed E-state index contributed by atoms with van der Waals surface area (Å²) in [5.74, 6) is -1.48. The second-order valence-corrected chi connectivity index (χ2v) is 3.64. The average Bonchev–Trinajstić information content (AvgIpc) is 2.31. The number of hydrogen-bond acceptors (Lipinski definition) is 0. The van der Waals surface area contributed by atoms with E-state index in [4.69, 9.17) is 0 Å². The van der Waals surface area contributed by atoms with Gasteiger partial charge in [0.25, 0.3) is 0 Å². The highest BCUT2D eigenvalue weighted by Crippen LogP contribution is 2.27. The third kappa shape index (κ3) is 2.87. The van der Waals surface area contributed by atoms with Crippen molar-refractivity contribution in [3.63, 3.8) is 0 Å². The van der Waals surface area contributed by atoms with Crippen LogP contribution in [0.5, 0.6) is 0 Å². The van der Waals surface area contributed by atoms with Gasteiger partial charge in [-0.15, -0.1) is 0 Å². The minimum absolute atomic E-state index is 0.0689. The summed E-state index contributed by atoms with van der Waals surface area (Å²) in [6, 6.07) is 5.67. The fraction of sp³-hybridized carbons (Fsp3) is 0.0714. The van der Waals surface area contributed by atoms with E-state index < -0.39 is 11.7 Å². The van der Waals surface area contributed by atoms with Gasteiger partial charge in [0.2, 0.25) is 0 Å². The van der Waals surface area contributed by atoms with Crippen LogP contribution in [0.1, 0.15) is 12.0 Å². The second-order valence-electron chi connectivity index (χ2n) is 3.64. The minimum Gasteiger partial charge on any atom is -0.211 e. The molecule has 1 aromatic carbocycles. The van der Waals surface area contributed by atoms with Gasteiger partial charge in [0.1, 0.15) is 17.5 Å². The van der Waals surface area contributed by atoms with Gasteiger partial charge in [-0.3, -0.25) is 0 Å². The molecule has 1 radical (unpaired) electrons. The smallest absolute Gasteiger partial charge is 0.129 e. The summed E-state index contributed by atoms with van der Waals surface area (Å²) in [5.41, 5.74) is 0.616. The molecule has 0 saturated heterocycles. The summed E-state index contributed by atoms with van der Waals surface area (Å²) in [5, 5.41) is 0. The summed E-state index contributed by atoms with van der Waals surface area (Å²) in [6.45, 7) is 0. The van der Waals surface area contributed by atoms with Crippen LogP contribution >= 0.6 is 0 Å². The Labute approximate surface area is 97.8 Å². The minimum atomic E-state index is -0.566. The molecular formula is C14H10F3. The van der Waals surface area contributed by atoms with E-state index in [-0.39, 0.29) is 17.8 Å². The zero-order chi connectivity index (χ0) is 12.3. The molecule has 0 atom stereocenters. The van der Waals surface area contributed by atoms with Gasteiger partial charge in [0, 0.05) is 12.0 Å². The predicted octanol–water partition coefficient (Wildman–Crippen LogP) is 4.52. The molecule has 0 unspecified atom stereocenters. The maximum Gasteiger partial charge on any atom is 0.129 e. The maximum absolute atomic E-state index is 13.3. The highest BCUT2D eigenvalue weighted by Gasteiger charge is 2.13. The lowest BCUT2D eigenvalue weighted by Crippen LogP contribution is -1.93. The zero-order valence-corrected chi connectivity index (χ0v) is 8.96. The Morgan fingerprint density at radius 3 is 2.29 bits per heavy atom. The van der Waals surface area contributed by atoms with E-state index >= 15 is 0 Å². The van der Waals surface area contributed by atoms with Crippen molar-refractivity contribution in [3.05, 3.63) is 71.4 Å². The quantitative estimate of drug-likeness (QED) is 0.706. The van der Waals surface area contributed by atoms with Gasteiger partial charge in [-0.1, -0.05) is 18.2 Å². The number of hydrogen-bond donors (Lipinski definition) is 0. The van der Waals surface area contributed by atoms with E-state index in [0.717, 1.165) is 0 Å². The molecule has 0 aromatic heterocycles. The lowest BCUT2D eigenvalue weighted by Gasteiger charge is -2.07. The van der Waals surface area contributed by atoms with E-state index in [1.54, 1.807) is 18.2 Å². The molecule has 0 N–H and O–H groups in total. The largest absolute Gasteiger partial charge is 0.211 e. The summed E-state index contributed by atoms with van der Waals surface area (Å²) in [7, 11) is 0. The first kappa shape index (κ1) is 11.7. The Balaban J connectivity index is 2.21. The molecule has 0 aliphatic heterocycles. The molecular weight excluding hydrogens is 225 g/mol. The summed E-state index contributed by atoms with van der Waals surface area (Å²) >= 11 is 0. The molecule has 0 nitrogen and oxygen atoms in total. The molecule has 0 saturated carbocycles. The third-order valence-electron chi connectivity index (χ3n) is 2.42. The first-order chi connectivity index (χ1) is 8.16. The van der Waals surface area contributed by atoms with E-state index in [0.29, 0.717) is 5.56 Å². The molecule has 2 rings (SSSR count). The Hall–Kier alpha value is -1.77. The van der Waals surface area contributed by atoms with Crippen molar-refractivity contribution in [2.45, 2.75) is 6.42 Å². The topological polar surface area (TPSA) is 0 Å². The van der Waals surface area contributed by atoms with Gasteiger partial charge < -0.3 is 0 Å². The monoisotopic (exact) mass is 235 g/mol. The SMILES string of the molecule is FC1=CC[CH]C(F)=C1C=Cc1ccc(F)cc1. The summed E-state index contributed by atoms with van der Waals surface area (Å²) in [4.78, 5) is 0. The van der Waals surface area contributed by atoms with Gasteiger partial charge in [0.15, 0.2) is 0 Å². The van der Waals surface area contributed by atoms with Crippen molar-refractivity contribution in [2.24, 2.45) is 0 Å². The average molecular weight is 235 g/mol. The lowest BCUT2D eigenvalue weighted by molar-refractivity contribution is 0.589. The molecule has 1 aromatic rings. The van der Waals surface area contributed by atoms with Crippen LogP contribution in [0.3, 0.4) is 0 Å². The summed E-state index contributed by atoms with van der Waals surface area (Å²) in [6.07, 6.45) is 5.79. The van der Waals surface area contributed by atoms with Gasteiger partial charge in [-0.25, -0.2) is 13.2 Å². The molecule has 1 aliphatic rings. The molecule has 3 heteroatoms. The van der Waals surface area contributed by atoms with Crippen LogP contribution in [0.25, 0.3) is 6.08 Å². The van der Waals surface area contributed by atoms with Crippen molar-refractivity contribution in [1.29, 1.82) is 0 Å². The number of allylic oxidation sites excluding steroid dienone is 5. The highest BCUT2D eigenvalue weighted by molar-refractivity contribution is 5.57. The molecule has 0 spiro atoms. The molecule has 0 heterocycles. The Morgan fingerprint density at radius 2 is 1.65 bits per heavy atom. The van der Waals surface area contributed by atoms with Crippen molar-refractivity contribution < 1.29 is 13.2 Å². The Morgan fingerprint density at radius 1 is 0.941 bits per heavy atom. The van der Waals surface area contributed by atoms with Gasteiger partial charge in [0.05, 0.1) is 0 Å². The standard InChI is InChI=1S/C14H10F3/c15-11-7-4-10(5-8-11)6-9-12-13(16)2-1-3-14(12)17/h2-9H,1H2. The van der Waals surface area contributed by atoms with E-state index in [2.05, 4.69) is 0 Å². The Kier molecular flexibility index (Phi) is 3.47. The van der Waals surface area contributed by atoms with Crippen LogP contribution in [-0.4, -0.2) is 0 Å². The van der Waals surface area contributed by atoms with Crippen LogP contribution in [0.4, 0.5) is 13.2 Å². The van der Waals surface area contributed by atoms with E-state index in [9.17, 15) is 13.2 Å². The van der Waals surface area contributed by atoms with Crippen molar-refractivity contribution in [1.82, 2.24) is 0 Å². The van der Waals surface area contributed by atoms with Crippen molar-refractivity contribution in [3.8, 4) is 0 Å². The van der Waals surface area contributed by atoms with E-state index in [1.165, 1.54) is 30.7 Å². The molecule has 17 heavy (non-hydrogen) atoms. The van der Waals surface area contributed by atoms with Crippen LogP contribution in [0.2, 0.25) is 0 Å². The predicted molar refractivity (Wildman–Crippen MR) is 61.7 cm³/mol. The molecule has 1 aliphatic carbocycles. The van der Waals surface area contributed by atoms with E-state index in [1.807, 2.05) is 0 Å². The maximum atomic E-state index is 13.3. The lowest BCUT2D eigenvalue weighted by atomic mass is 10.0. The summed E-state index contributed by atoms with van der Waals surface area (Å²) < 4.78 is 39.2. The molecule has 0 bridgehead atoms. The third-order valence-corrected chi connectivity index (χ3v) is 2.42. The molecule has 0 fully saturated rings. The van der Waals surface area contributed by atoms with Crippen molar-refractivity contribution >= 4 is 6.08 Å². The first-order valence-corrected chi connectivity index (χ1v) is 5.19. The van der Waals surface area contributed by atoms with Crippen molar-refractivity contribution in [2.75, 3.05) is 0 Å².